The number of nitrogens with zero attached hydrogens (tertiary/aromatic N) is 4. The van der Waals surface area contributed by atoms with Gasteiger partial charge in [-0.25, -0.2) is 9.97 Å². The van der Waals surface area contributed by atoms with E-state index in [0.29, 0.717) is 17.5 Å². The van der Waals surface area contributed by atoms with E-state index in [4.69, 9.17) is 15.2 Å². The number of methoxy groups -OCH3 is 1. The molecule has 0 amide bonds. The topological polar surface area (TPSA) is 88.1 Å². The van der Waals surface area contributed by atoms with Crippen LogP contribution >= 0.6 is 0 Å². The zero-order chi connectivity index (χ0) is 14.7. The fourth-order valence-electron chi connectivity index (χ4n) is 2.46. The Balaban J connectivity index is 1.74. The molecule has 0 spiro atoms. The van der Waals surface area contributed by atoms with Crippen LogP contribution in [0.4, 0.5) is 5.82 Å². The molecule has 0 unspecified atom stereocenters. The smallest absolute Gasteiger partial charge is 0.257 e. The molecule has 1 saturated heterocycles. The Morgan fingerprint density at radius 1 is 1.38 bits per heavy atom. The molecular weight excluding hydrogens is 270 g/mol. The van der Waals surface area contributed by atoms with E-state index in [-0.39, 0.29) is 5.82 Å². The second-order valence-electron chi connectivity index (χ2n) is 5.16. The van der Waals surface area contributed by atoms with Gasteiger partial charge in [-0.15, -0.1) is 0 Å². The van der Waals surface area contributed by atoms with E-state index in [1.165, 1.54) is 7.11 Å². The first-order valence-electron chi connectivity index (χ1n) is 7.03. The van der Waals surface area contributed by atoms with Gasteiger partial charge in [0.25, 0.3) is 5.88 Å². The van der Waals surface area contributed by atoms with E-state index in [2.05, 4.69) is 15.1 Å². The summed E-state index contributed by atoms with van der Waals surface area (Å²) in [4.78, 5) is 8.43. The van der Waals surface area contributed by atoms with Gasteiger partial charge in [0, 0.05) is 31.5 Å². The van der Waals surface area contributed by atoms with Gasteiger partial charge >= 0.3 is 0 Å². The molecule has 0 atom stereocenters. The van der Waals surface area contributed by atoms with E-state index in [1.807, 2.05) is 10.9 Å². The van der Waals surface area contributed by atoms with Gasteiger partial charge in [-0.2, -0.15) is 5.10 Å². The summed E-state index contributed by atoms with van der Waals surface area (Å²) in [6.07, 6.45) is 7.58. The number of rotatable bonds is 4. The van der Waals surface area contributed by atoms with E-state index in [1.54, 1.807) is 12.4 Å². The van der Waals surface area contributed by atoms with Gasteiger partial charge in [0.1, 0.15) is 0 Å². The molecule has 3 rings (SSSR count). The quantitative estimate of drug-likeness (QED) is 0.914. The lowest BCUT2D eigenvalue weighted by atomic mass is 10.0. The molecule has 2 aromatic rings. The van der Waals surface area contributed by atoms with Gasteiger partial charge in [0.05, 0.1) is 25.2 Å². The highest BCUT2D eigenvalue weighted by Gasteiger charge is 2.15. The molecular formula is C14H19N5O2. The van der Waals surface area contributed by atoms with Gasteiger partial charge in [-0.1, -0.05) is 0 Å². The highest BCUT2D eigenvalue weighted by molar-refractivity contribution is 5.58. The number of nitrogens with two attached hydrogens (primary N) is 1. The van der Waals surface area contributed by atoms with Crippen LogP contribution in [-0.4, -0.2) is 40.1 Å². The number of aromatic nitrogens is 4. The molecule has 7 nitrogen and oxygen atoms in total. The van der Waals surface area contributed by atoms with Crippen molar-refractivity contribution in [2.24, 2.45) is 5.92 Å². The average molecular weight is 289 g/mol. The van der Waals surface area contributed by atoms with Gasteiger partial charge in [-0.05, 0) is 18.8 Å². The maximum Gasteiger partial charge on any atom is 0.257 e. The third kappa shape index (κ3) is 3.13. The predicted molar refractivity (Wildman–Crippen MR) is 77.8 cm³/mol. The van der Waals surface area contributed by atoms with E-state index < -0.39 is 0 Å². The van der Waals surface area contributed by atoms with Crippen molar-refractivity contribution in [1.82, 2.24) is 19.7 Å². The average Bonchev–Trinajstić information content (AvgIpc) is 2.97. The van der Waals surface area contributed by atoms with E-state index >= 15 is 0 Å². The van der Waals surface area contributed by atoms with E-state index in [0.717, 1.165) is 38.2 Å². The molecule has 1 aliphatic heterocycles. The molecule has 112 valence electrons. The van der Waals surface area contributed by atoms with Crippen LogP contribution in [-0.2, 0) is 11.3 Å². The standard InChI is InChI=1S/C14H19N5O2/c1-20-14-13(15)16-7-12(18-14)11-6-17-19(9-11)8-10-2-4-21-5-3-10/h6-7,9-10H,2-5,8H2,1H3,(H2,15,16). The summed E-state index contributed by atoms with van der Waals surface area (Å²) in [5.74, 6) is 1.25. The number of hydrogen-bond acceptors (Lipinski definition) is 6. The second-order valence-corrected chi connectivity index (χ2v) is 5.16. The summed E-state index contributed by atoms with van der Waals surface area (Å²) in [6, 6.07) is 0. The van der Waals surface area contributed by atoms with Gasteiger partial charge < -0.3 is 15.2 Å². The normalized spacial score (nSPS) is 16.0. The second kappa shape index (κ2) is 6.09. The first-order chi connectivity index (χ1) is 10.3. The van der Waals surface area contributed by atoms with Crippen LogP contribution in [0.5, 0.6) is 5.88 Å². The summed E-state index contributed by atoms with van der Waals surface area (Å²) in [5, 5.41) is 4.40. The van der Waals surface area contributed by atoms with Crippen molar-refractivity contribution in [3.8, 4) is 17.1 Å². The van der Waals surface area contributed by atoms with Crippen molar-refractivity contribution < 1.29 is 9.47 Å². The third-order valence-electron chi connectivity index (χ3n) is 3.68. The molecule has 0 radical (unpaired) electrons. The van der Waals surface area contributed by atoms with Crippen LogP contribution in [0.2, 0.25) is 0 Å². The Morgan fingerprint density at radius 2 is 2.19 bits per heavy atom. The molecule has 1 aliphatic rings. The first kappa shape index (κ1) is 13.8. The number of hydrogen-bond donors (Lipinski definition) is 1. The zero-order valence-electron chi connectivity index (χ0n) is 12.0. The lowest BCUT2D eigenvalue weighted by Gasteiger charge is -2.21. The minimum Gasteiger partial charge on any atom is -0.478 e. The van der Waals surface area contributed by atoms with Gasteiger partial charge in [-0.3, -0.25) is 4.68 Å². The fraction of sp³-hybridized carbons (Fsp3) is 0.500. The third-order valence-corrected chi connectivity index (χ3v) is 3.68. The zero-order valence-corrected chi connectivity index (χ0v) is 12.0. The highest BCUT2D eigenvalue weighted by atomic mass is 16.5. The molecule has 0 bridgehead atoms. The molecule has 0 aliphatic carbocycles. The summed E-state index contributed by atoms with van der Waals surface area (Å²) < 4.78 is 12.4. The minimum atomic E-state index is 0.288. The summed E-state index contributed by atoms with van der Waals surface area (Å²) in [6.45, 7) is 2.60. The Labute approximate surface area is 123 Å². The Bertz CT molecular complexity index is 607. The molecule has 2 aromatic heterocycles. The number of nitrogen functional groups attached to an aromatic ring is 1. The molecule has 2 N–H and O–H groups in total. The van der Waals surface area contributed by atoms with Crippen LogP contribution in [0.1, 0.15) is 12.8 Å². The van der Waals surface area contributed by atoms with Crippen molar-refractivity contribution >= 4 is 5.82 Å². The van der Waals surface area contributed by atoms with Crippen molar-refractivity contribution in [1.29, 1.82) is 0 Å². The van der Waals surface area contributed by atoms with Crippen LogP contribution in [0.25, 0.3) is 11.3 Å². The Kier molecular flexibility index (Phi) is 4.01. The molecule has 7 heteroatoms. The maximum atomic E-state index is 5.68. The van der Waals surface area contributed by atoms with Crippen molar-refractivity contribution in [2.75, 3.05) is 26.1 Å². The largest absolute Gasteiger partial charge is 0.478 e. The molecule has 21 heavy (non-hydrogen) atoms. The SMILES string of the molecule is COc1nc(-c2cnn(CC3CCOCC3)c2)cnc1N. The van der Waals surface area contributed by atoms with Crippen LogP contribution in [0.15, 0.2) is 18.6 Å². The maximum absolute atomic E-state index is 5.68. The Hall–Kier alpha value is -2.15. The van der Waals surface area contributed by atoms with Gasteiger partial charge in [0.15, 0.2) is 5.82 Å². The lowest BCUT2D eigenvalue weighted by Crippen LogP contribution is -2.20. The lowest BCUT2D eigenvalue weighted by molar-refractivity contribution is 0.0601. The molecule has 0 saturated carbocycles. The van der Waals surface area contributed by atoms with Crippen LogP contribution in [0, 0.1) is 5.92 Å². The summed E-state index contributed by atoms with van der Waals surface area (Å²) in [5.41, 5.74) is 7.29. The molecule has 3 heterocycles. The predicted octanol–water partition coefficient (Wildman–Crippen LogP) is 1.36. The van der Waals surface area contributed by atoms with Gasteiger partial charge in [0.2, 0.25) is 0 Å². The van der Waals surface area contributed by atoms with Crippen LogP contribution < -0.4 is 10.5 Å². The van der Waals surface area contributed by atoms with Crippen molar-refractivity contribution in [3.05, 3.63) is 18.6 Å². The van der Waals surface area contributed by atoms with Crippen LogP contribution in [0.3, 0.4) is 0 Å². The first-order valence-corrected chi connectivity index (χ1v) is 7.03. The number of ether oxygens (including phenoxy) is 2. The molecule has 0 aromatic carbocycles. The van der Waals surface area contributed by atoms with Crippen molar-refractivity contribution in [2.45, 2.75) is 19.4 Å². The summed E-state index contributed by atoms with van der Waals surface area (Å²) >= 11 is 0. The number of anilines is 1. The van der Waals surface area contributed by atoms with E-state index in [9.17, 15) is 0 Å². The highest BCUT2D eigenvalue weighted by Crippen LogP contribution is 2.23. The minimum absolute atomic E-state index is 0.288. The van der Waals surface area contributed by atoms with Crippen molar-refractivity contribution in [3.63, 3.8) is 0 Å². The Morgan fingerprint density at radius 3 is 2.95 bits per heavy atom. The molecule has 1 fully saturated rings. The summed E-state index contributed by atoms with van der Waals surface area (Å²) in [7, 11) is 1.53. The monoisotopic (exact) mass is 289 g/mol. The fourth-order valence-corrected chi connectivity index (χ4v) is 2.46.